The predicted octanol–water partition coefficient (Wildman–Crippen LogP) is 2.98. The Morgan fingerprint density at radius 1 is 1.31 bits per heavy atom. The zero-order valence-electron chi connectivity index (χ0n) is 15.8. The van der Waals surface area contributed by atoms with E-state index in [1.807, 2.05) is 17.0 Å². The number of fused-ring (bicyclic) bond motifs is 2. The number of anilines is 2. The molecule has 4 heterocycles. The molecule has 5 rings (SSSR count). The maximum atomic E-state index is 13.3. The van der Waals surface area contributed by atoms with Gasteiger partial charge in [0.1, 0.15) is 11.6 Å². The lowest BCUT2D eigenvalue weighted by Gasteiger charge is -2.27. The number of hydrogen-bond acceptors (Lipinski definition) is 5. The van der Waals surface area contributed by atoms with Crippen LogP contribution in [0.15, 0.2) is 30.5 Å². The van der Waals surface area contributed by atoms with Crippen molar-refractivity contribution in [3.63, 3.8) is 0 Å². The number of nitrogens with one attached hydrogen (secondary N) is 2. The van der Waals surface area contributed by atoms with Crippen molar-refractivity contribution < 1.29 is 9.59 Å². The van der Waals surface area contributed by atoms with Crippen LogP contribution in [-0.4, -0.2) is 51.8 Å². The Bertz CT molecular complexity index is 1140. The third-order valence-electron chi connectivity index (χ3n) is 5.55. The standard InChI is InChI=1S/C20H19ClN6O2/c1-26-16-7-11(9-22-18(16)23-10-17(26)28)20(29)27-6-2-3-15(27)19-24-13-5-4-12(21)8-14(13)25-19/h4-5,7-9,15H,2-3,6,10H2,1H3,(H,22,23)(H,24,25). The van der Waals surface area contributed by atoms with Crippen molar-refractivity contribution in [2.24, 2.45) is 0 Å². The molecule has 2 N–H and O–H groups in total. The summed E-state index contributed by atoms with van der Waals surface area (Å²) in [7, 11) is 1.69. The number of carbonyl (C=O) groups is 2. The lowest BCUT2D eigenvalue weighted by Crippen LogP contribution is -2.38. The number of aromatic amines is 1. The maximum absolute atomic E-state index is 13.3. The number of benzene rings is 1. The van der Waals surface area contributed by atoms with E-state index in [2.05, 4.69) is 20.3 Å². The van der Waals surface area contributed by atoms with Gasteiger partial charge in [0.25, 0.3) is 5.91 Å². The quantitative estimate of drug-likeness (QED) is 0.677. The Labute approximate surface area is 171 Å². The van der Waals surface area contributed by atoms with Gasteiger partial charge < -0.3 is 20.1 Å². The van der Waals surface area contributed by atoms with E-state index in [4.69, 9.17) is 11.6 Å². The van der Waals surface area contributed by atoms with Crippen LogP contribution < -0.4 is 10.2 Å². The van der Waals surface area contributed by atoms with Gasteiger partial charge in [0, 0.05) is 24.8 Å². The summed E-state index contributed by atoms with van der Waals surface area (Å²) in [6.45, 7) is 0.847. The molecule has 2 amide bonds. The molecule has 9 heteroatoms. The fraction of sp³-hybridized carbons (Fsp3) is 0.300. The number of aromatic nitrogens is 3. The molecule has 2 aliphatic heterocycles. The number of hydrogen-bond donors (Lipinski definition) is 2. The van der Waals surface area contributed by atoms with Gasteiger partial charge in [-0.3, -0.25) is 9.59 Å². The van der Waals surface area contributed by atoms with Gasteiger partial charge in [0.05, 0.1) is 34.9 Å². The molecule has 1 fully saturated rings. The summed E-state index contributed by atoms with van der Waals surface area (Å²) in [5.74, 6) is 1.18. The smallest absolute Gasteiger partial charge is 0.256 e. The zero-order chi connectivity index (χ0) is 20.1. The van der Waals surface area contributed by atoms with Crippen LogP contribution in [0, 0.1) is 0 Å². The van der Waals surface area contributed by atoms with E-state index in [0.29, 0.717) is 28.6 Å². The van der Waals surface area contributed by atoms with Crippen molar-refractivity contribution in [3.05, 3.63) is 46.9 Å². The minimum Gasteiger partial charge on any atom is -0.359 e. The van der Waals surface area contributed by atoms with Crippen LogP contribution in [0.25, 0.3) is 11.0 Å². The van der Waals surface area contributed by atoms with Crippen molar-refractivity contribution in [2.45, 2.75) is 18.9 Å². The molecule has 1 aromatic carbocycles. The van der Waals surface area contributed by atoms with Crippen molar-refractivity contribution in [1.82, 2.24) is 19.9 Å². The fourth-order valence-corrected chi connectivity index (χ4v) is 4.17. The number of H-pyrrole nitrogens is 1. The van der Waals surface area contributed by atoms with Crippen LogP contribution in [0.1, 0.15) is 35.1 Å². The highest BCUT2D eigenvalue weighted by atomic mass is 35.5. The highest BCUT2D eigenvalue weighted by Gasteiger charge is 2.33. The summed E-state index contributed by atoms with van der Waals surface area (Å²) in [5, 5.41) is 3.62. The SMILES string of the molecule is CN1C(=O)CNc2ncc(C(=O)N3CCCC3c3nc4ccc(Cl)cc4[nH]3)cc21. The molecular formula is C20H19ClN6O2. The van der Waals surface area contributed by atoms with Crippen molar-refractivity contribution >= 4 is 46.0 Å². The van der Waals surface area contributed by atoms with Crippen LogP contribution >= 0.6 is 11.6 Å². The van der Waals surface area contributed by atoms with Crippen LogP contribution in [0.5, 0.6) is 0 Å². The monoisotopic (exact) mass is 410 g/mol. The molecule has 148 valence electrons. The molecule has 2 aromatic heterocycles. The van der Waals surface area contributed by atoms with Gasteiger partial charge in [-0.05, 0) is 37.1 Å². The van der Waals surface area contributed by atoms with Gasteiger partial charge in [-0.2, -0.15) is 0 Å². The Morgan fingerprint density at radius 2 is 2.17 bits per heavy atom. The van der Waals surface area contributed by atoms with Crippen LogP contribution in [-0.2, 0) is 4.79 Å². The van der Waals surface area contributed by atoms with Gasteiger partial charge >= 0.3 is 0 Å². The topological polar surface area (TPSA) is 94.2 Å². The average molecular weight is 411 g/mol. The Morgan fingerprint density at radius 3 is 3.03 bits per heavy atom. The number of rotatable bonds is 2. The third-order valence-corrected chi connectivity index (χ3v) is 5.78. The van der Waals surface area contributed by atoms with Crippen molar-refractivity contribution in [3.8, 4) is 0 Å². The number of imidazole rings is 1. The first kappa shape index (κ1) is 17.9. The largest absolute Gasteiger partial charge is 0.359 e. The number of pyridine rings is 1. The van der Waals surface area contributed by atoms with E-state index >= 15 is 0 Å². The molecule has 0 bridgehead atoms. The van der Waals surface area contributed by atoms with E-state index in [-0.39, 0.29) is 24.4 Å². The molecule has 0 spiro atoms. The first-order valence-electron chi connectivity index (χ1n) is 9.48. The van der Waals surface area contributed by atoms with Crippen molar-refractivity contribution in [2.75, 3.05) is 30.4 Å². The summed E-state index contributed by atoms with van der Waals surface area (Å²) in [4.78, 5) is 40.9. The second-order valence-corrected chi connectivity index (χ2v) is 7.77. The van der Waals surface area contributed by atoms with Gasteiger partial charge in [0.2, 0.25) is 5.91 Å². The number of carbonyl (C=O) groups excluding carboxylic acids is 2. The second-order valence-electron chi connectivity index (χ2n) is 7.34. The molecule has 0 radical (unpaired) electrons. The molecule has 3 aromatic rings. The minimum absolute atomic E-state index is 0.0658. The summed E-state index contributed by atoms with van der Waals surface area (Å²) < 4.78 is 0. The fourth-order valence-electron chi connectivity index (χ4n) is 3.99. The van der Waals surface area contributed by atoms with Gasteiger partial charge in [0.15, 0.2) is 0 Å². The number of amides is 2. The van der Waals surface area contributed by atoms with E-state index in [0.717, 1.165) is 29.7 Å². The summed E-state index contributed by atoms with van der Waals surface area (Å²) in [6, 6.07) is 7.09. The predicted molar refractivity (Wildman–Crippen MR) is 110 cm³/mol. The van der Waals surface area contributed by atoms with Crippen LogP contribution in [0.2, 0.25) is 5.02 Å². The van der Waals surface area contributed by atoms with Crippen LogP contribution in [0.3, 0.4) is 0 Å². The second kappa shape index (κ2) is 6.73. The summed E-state index contributed by atoms with van der Waals surface area (Å²) >= 11 is 6.07. The molecule has 0 aliphatic carbocycles. The summed E-state index contributed by atoms with van der Waals surface area (Å²) in [5.41, 5.74) is 2.75. The zero-order valence-corrected chi connectivity index (χ0v) is 16.5. The Balaban J connectivity index is 1.46. The summed E-state index contributed by atoms with van der Waals surface area (Å²) in [6.07, 6.45) is 3.29. The molecule has 8 nitrogen and oxygen atoms in total. The minimum atomic E-state index is -0.137. The molecular weight excluding hydrogens is 392 g/mol. The lowest BCUT2D eigenvalue weighted by atomic mass is 10.1. The normalized spacial score (nSPS) is 18.8. The molecule has 1 saturated heterocycles. The first-order chi connectivity index (χ1) is 14.0. The third kappa shape index (κ3) is 3.00. The van der Waals surface area contributed by atoms with Gasteiger partial charge in [-0.25, -0.2) is 9.97 Å². The van der Waals surface area contributed by atoms with Crippen molar-refractivity contribution in [1.29, 1.82) is 0 Å². The van der Waals surface area contributed by atoms with E-state index in [9.17, 15) is 9.59 Å². The van der Waals surface area contributed by atoms with E-state index < -0.39 is 0 Å². The van der Waals surface area contributed by atoms with Gasteiger partial charge in [-0.15, -0.1) is 0 Å². The molecule has 29 heavy (non-hydrogen) atoms. The van der Waals surface area contributed by atoms with Gasteiger partial charge in [-0.1, -0.05) is 11.6 Å². The Kier molecular flexibility index (Phi) is 4.16. The first-order valence-corrected chi connectivity index (χ1v) is 9.85. The highest BCUT2D eigenvalue weighted by molar-refractivity contribution is 6.31. The van der Waals surface area contributed by atoms with E-state index in [1.165, 1.54) is 4.90 Å². The molecule has 1 atom stereocenters. The number of halogens is 1. The van der Waals surface area contributed by atoms with E-state index in [1.54, 1.807) is 25.4 Å². The molecule has 2 aliphatic rings. The average Bonchev–Trinajstić information content (AvgIpc) is 3.36. The molecule has 0 saturated carbocycles. The number of likely N-dealkylation sites (N-methyl/N-ethyl adjacent to an activating group) is 1. The number of nitrogens with zero attached hydrogens (tertiary/aromatic N) is 4. The lowest BCUT2D eigenvalue weighted by molar-refractivity contribution is -0.116. The van der Waals surface area contributed by atoms with Crippen LogP contribution in [0.4, 0.5) is 11.5 Å². The maximum Gasteiger partial charge on any atom is 0.256 e. The highest BCUT2D eigenvalue weighted by Crippen LogP contribution is 2.34. The molecule has 1 unspecified atom stereocenters. The number of likely N-dealkylation sites (tertiary alicyclic amines) is 1. The Hall–Kier alpha value is -3.13.